The molecule has 0 saturated carbocycles. The minimum atomic E-state index is 0. The fourth-order valence-electron chi connectivity index (χ4n) is 3.63. The molecule has 2 aromatic carbocycles. The van der Waals surface area contributed by atoms with Gasteiger partial charge in [-0.3, -0.25) is 4.90 Å². The maximum atomic E-state index is 6.11. The Hall–Kier alpha value is -1.91. The van der Waals surface area contributed by atoms with Crippen LogP contribution in [0, 0.1) is 0 Å². The van der Waals surface area contributed by atoms with Crippen molar-refractivity contribution in [2.24, 2.45) is 10.7 Å². The lowest BCUT2D eigenvalue weighted by atomic mass is 10.2. The minimum Gasteiger partial charge on any atom is -0.493 e. The predicted octanol–water partition coefficient (Wildman–Crippen LogP) is 3.59. The highest BCUT2D eigenvalue weighted by atomic mass is 127. The summed E-state index contributed by atoms with van der Waals surface area (Å²) in [5.41, 5.74) is 8.23. The molecular formula is C23H33ClIN5O2. The van der Waals surface area contributed by atoms with Gasteiger partial charge >= 0.3 is 0 Å². The number of nitrogens with two attached hydrogens (primary N) is 1. The Morgan fingerprint density at radius 3 is 2.50 bits per heavy atom. The highest BCUT2D eigenvalue weighted by Crippen LogP contribution is 2.27. The molecular weight excluding hydrogens is 541 g/mol. The highest BCUT2D eigenvalue weighted by Gasteiger charge is 2.16. The number of methoxy groups -OCH3 is 2. The topological polar surface area (TPSA) is 75.4 Å². The Morgan fingerprint density at radius 1 is 1.06 bits per heavy atom. The number of nitrogens with zero attached hydrogens (tertiary/aromatic N) is 3. The van der Waals surface area contributed by atoms with Gasteiger partial charge in [-0.15, -0.1) is 24.0 Å². The van der Waals surface area contributed by atoms with E-state index in [1.165, 1.54) is 5.69 Å². The van der Waals surface area contributed by atoms with Crippen LogP contribution in [-0.4, -0.2) is 64.3 Å². The van der Waals surface area contributed by atoms with Crippen molar-refractivity contribution >= 4 is 47.2 Å². The van der Waals surface area contributed by atoms with Gasteiger partial charge in [0.25, 0.3) is 0 Å². The third-order valence-corrected chi connectivity index (χ3v) is 5.62. The van der Waals surface area contributed by atoms with Crippen LogP contribution >= 0.6 is 35.6 Å². The highest BCUT2D eigenvalue weighted by molar-refractivity contribution is 14.0. The number of anilines is 1. The number of hydrogen-bond donors (Lipinski definition) is 2. The van der Waals surface area contributed by atoms with Crippen LogP contribution in [0.2, 0.25) is 5.02 Å². The summed E-state index contributed by atoms with van der Waals surface area (Å²) in [5.74, 6) is 1.85. The summed E-state index contributed by atoms with van der Waals surface area (Å²) in [4.78, 5) is 9.29. The van der Waals surface area contributed by atoms with Crippen molar-refractivity contribution in [2.45, 2.75) is 13.0 Å². The molecule has 1 aliphatic rings. The van der Waals surface area contributed by atoms with Crippen LogP contribution in [0.15, 0.2) is 47.5 Å². The number of aliphatic imine (C=N–C) groups is 1. The first kappa shape index (κ1) is 26.3. The summed E-state index contributed by atoms with van der Waals surface area (Å²) in [6.07, 6.45) is 1.02. The predicted molar refractivity (Wildman–Crippen MR) is 143 cm³/mol. The summed E-state index contributed by atoms with van der Waals surface area (Å²) in [5, 5.41) is 3.99. The van der Waals surface area contributed by atoms with Gasteiger partial charge in [-0.2, -0.15) is 0 Å². The van der Waals surface area contributed by atoms with Crippen LogP contribution in [0.4, 0.5) is 5.69 Å². The quantitative estimate of drug-likeness (QED) is 0.207. The van der Waals surface area contributed by atoms with Gasteiger partial charge in [0.2, 0.25) is 0 Å². The molecule has 1 heterocycles. The zero-order valence-corrected chi connectivity index (χ0v) is 21.8. The number of halogens is 2. The van der Waals surface area contributed by atoms with Gasteiger partial charge in [-0.05, 0) is 48.9 Å². The minimum absolute atomic E-state index is 0. The first-order valence-corrected chi connectivity index (χ1v) is 10.9. The Balaban J connectivity index is 0.00000363. The Labute approximate surface area is 212 Å². The van der Waals surface area contributed by atoms with E-state index in [2.05, 4.69) is 26.2 Å². The van der Waals surface area contributed by atoms with Gasteiger partial charge < -0.3 is 25.4 Å². The van der Waals surface area contributed by atoms with Gasteiger partial charge in [0.15, 0.2) is 17.5 Å². The lowest BCUT2D eigenvalue weighted by Gasteiger charge is -2.36. The first-order valence-electron chi connectivity index (χ1n) is 10.6. The zero-order chi connectivity index (χ0) is 22.1. The molecule has 176 valence electrons. The van der Waals surface area contributed by atoms with Crippen molar-refractivity contribution in [2.75, 3.05) is 58.4 Å². The van der Waals surface area contributed by atoms with E-state index in [1.807, 2.05) is 36.4 Å². The van der Waals surface area contributed by atoms with E-state index in [1.54, 1.807) is 14.2 Å². The Morgan fingerprint density at radius 2 is 1.81 bits per heavy atom. The molecule has 1 saturated heterocycles. The molecule has 1 aliphatic heterocycles. The Kier molecular flexibility index (Phi) is 11.2. The van der Waals surface area contributed by atoms with E-state index in [9.17, 15) is 0 Å². The third kappa shape index (κ3) is 7.90. The van der Waals surface area contributed by atoms with Crippen LogP contribution in [0.5, 0.6) is 11.5 Å². The van der Waals surface area contributed by atoms with Crippen LogP contribution in [0.1, 0.15) is 12.0 Å². The maximum absolute atomic E-state index is 6.11. The number of rotatable bonds is 9. The fraction of sp³-hybridized carbons (Fsp3) is 0.435. The number of ether oxygens (including phenoxy) is 2. The van der Waals surface area contributed by atoms with Gasteiger partial charge in [-0.1, -0.05) is 23.7 Å². The fourth-order valence-corrected chi connectivity index (χ4v) is 3.82. The molecule has 1 fully saturated rings. The monoisotopic (exact) mass is 573 g/mol. The second-order valence-corrected chi connectivity index (χ2v) is 7.92. The summed E-state index contributed by atoms with van der Waals surface area (Å²) >= 11 is 6.11. The van der Waals surface area contributed by atoms with E-state index in [4.69, 9.17) is 26.8 Å². The van der Waals surface area contributed by atoms with E-state index in [-0.39, 0.29) is 24.0 Å². The molecule has 0 radical (unpaired) electrons. The van der Waals surface area contributed by atoms with Gasteiger partial charge in [-0.25, -0.2) is 4.99 Å². The second kappa shape index (κ2) is 13.6. The van der Waals surface area contributed by atoms with Crippen molar-refractivity contribution < 1.29 is 9.47 Å². The molecule has 0 atom stereocenters. The molecule has 0 amide bonds. The van der Waals surface area contributed by atoms with Gasteiger partial charge in [0.1, 0.15) is 0 Å². The smallest absolute Gasteiger partial charge is 0.188 e. The number of piperazine rings is 1. The maximum Gasteiger partial charge on any atom is 0.188 e. The van der Waals surface area contributed by atoms with E-state index < -0.39 is 0 Å². The average Bonchev–Trinajstić information content (AvgIpc) is 2.80. The lowest BCUT2D eigenvalue weighted by molar-refractivity contribution is 0.255. The number of hydrogen-bond acceptors (Lipinski definition) is 5. The Bertz CT molecular complexity index is 875. The molecule has 9 heteroatoms. The normalized spacial score (nSPS) is 14.6. The molecule has 0 spiro atoms. The largest absolute Gasteiger partial charge is 0.493 e. The standard InChI is InChI=1S/C23H32ClN5O2.HI/c1-30-21-8-7-18(15-22(21)31-2)17-27-23(25)26-9-4-10-28-11-13-29(14-12-28)20-6-3-5-19(24)16-20;/h3,5-8,15-16H,4,9-14,17H2,1-2H3,(H3,25,26,27);1H. The summed E-state index contributed by atoms with van der Waals surface area (Å²) in [6, 6.07) is 13.8. The summed E-state index contributed by atoms with van der Waals surface area (Å²) < 4.78 is 10.6. The van der Waals surface area contributed by atoms with Gasteiger partial charge in [0, 0.05) is 43.4 Å². The molecule has 2 aromatic rings. The van der Waals surface area contributed by atoms with Crippen molar-refractivity contribution in [3.05, 3.63) is 53.1 Å². The SMILES string of the molecule is COc1ccc(CN=C(N)NCCCN2CCN(c3cccc(Cl)c3)CC2)cc1OC.I. The van der Waals surface area contributed by atoms with Crippen molar-refractivity contribution in [1.29, 1.82) is 0 Å². The summed E-state index contributed by atoms with van der Waals surface area (Å²) in [7, 11) is 3.24. The van der Waals surface area contributed by atoms with Crippen LogP contribution in [-0.2, 0) is 6.54 Å². The second-order valence-electron chi connectivity index (χ2n) is 7.48. The zero-order valence-electron chi connectivity index (χ0n) is 18.7. The molecule has 32 heavy (non-hydrogen) atoms. The number of nitrogens with one attached hydrogen (secondary N) is 1. The third-order valence-electron chi connectivity index (χ3n) is 5.38. The van der Waals surface area contributed by atoms with Crippen molar-refractivity contribution in [1.82, 2.24) is 10.2 Å². The van der Waals surface area contributed by atoms with Gasteiger partial charge in [0.05, 0.1) is 20.8 Å². The molecule has 0 aromatic heterocycles. The van der Waals surface area contributed by atoms with Crippen LogP contribution in [0.25, 0.3) is 0 Å². The average molecular weight is 574 g/mol. The molecule has 7 nitrogen and oxygen atoms in total. The first-order chi connectivity index (χ1) is 15.1. The van der Waals surface area contributed by atoms with Crippen molar-refractivity contribution in [3.63, 3.8) is 0 Å². The van der Waals surface area contributed by atoms with Crippen LogP contribution < -0.4 is 25.4 Å². The lowest BCUT2D eigenvalue weighted by Crippen LogP contribution is -2.47. The summed E-state index contributed by atoms with van der Waals surface area (Å²) in [6.45, 7) is 6.47. The number of benzene rings is 2. The number of guanidine groups is 1. The molecule has 3 rings (SSSR count). The van der Waals surface area contributed by atoms with E-state index in [0.717, 1.165) is 56.3 Å². The van der Waals surface area contributed by atoms with Crippen molar-refractivity contribution in [3.8, 4) is 11.5 Å². The van der Waals surface area contributed by atoms with Crippen LogP contribution in [0.3, 0.4) is 0 Å². The molecule has 0 unspecified atom stereocenters. The van der Waals surface area contributed by atoms with E-state index >= 15 is 0 Å². The molecule has 0 aliphatic carbocycles. The molecule has 0 bridgehead atoms. The molecule has 3 N–H and O–H groups in total. The van der Waals surface area contributed by atoms with E-state index in [0.29, 0.717) is 24.0 Å².